The van der Waals surface area contributed by atoms with Gasteiger partial charge in [-0.05, 0) is 13.8 Å². The average molecular weight is 429 g/mol. The van der Waals surface area contributed by atoms with Gasteiger partial charge in [0.1, 0.15) is 11.8 Å². The Labute approximate surface area is 181 Å². The molecule has 1 aromatic rings. The van der Waals surface area contributed by atoms with Gasteiger partial charge in [-0.1, -0.05) is 5.16 Å². The topological polar surface area (TPSA) is 176 Å². The summed E-state index contributed by atoms with van der Waals surface area (Å²) in [5.74, 6) is -2.14. The number of oxime groups is 1. The third-order valence-corrected chi connectivity index (χ3v) is 4.72. The smallest absolute Gasteiger partial charge is 0.731 e. The fourth-order valence-electron chi connectivity index (χ4n) is 1.93. The minimum atomic E-state index is -5.00. The molecule has 27 heavy (non-hydrogen) atoms. The number of amides is 2. The average Bonchev–Trinajstić information content (AvgIpc) is 2.95. The predicted molar refractivity (Wildman–Crippen MR) is 88.6 cm³/mol. The van der Waals surface area contributed by atoms with Crippen LogP contribution in [0.1, 0.15) is 19.5 Å². The van der Waals surface area contributed by atoms with Gasteiger partial charge in [-0.15, -0.1) is 11.3 Å². The summed E-state index contributed by atoms with van der Waals surface area (Å²) in [6.45, 7) is 2.69. The van der Waals surface area contributed by atoms with Crippen molar-refractivity contribution in [3.05, 3.63) is 11.1 Å². The molecule has 2 amide bonds. The van der Waals surface area contributed by atoms with E-state index in [2.05, 4.69) is 15.5 Å². The van der Waals surface area contributed by atoms with Crippen molar-refractivity contribution in [3.63, 3.8) is 0 Å². The van der Waals surface area contributed by atoms with Crippen molar-refractivity contribution in [3.8, 4) is 0 Å². The fourth-order valence-corrected chi connectivity index (χ4v) is 3.17. The van der Waals surface area contributed by atoms with Crippen molar-refractivity contribution < 1.29 is 61.7 Å². The molecular formula is C12H16N5NaO7S2. The van der Waals surface area contributed by atoms with Gasteiger partial charge in [0.15, 0.2) is 21.1 Å². The van der Waals surface area contributed by atoms with Gasteiger partial charge in [0.05, 0.1) is 6.54 Å². The second-order valence-corrected chi connectivity index (χ2v) is 7.61. The van der Waals surface area contributed by atoms with Crippen LogP contribution in [0.15, 0.2) is 10.5 Å². The SMILES string of the molecule is COC1(NC(=O)/C(=N/OC(C)C)c2csc(N)n2)CN(S(=O)(=O)[O-])C1=O.[Na+]. The molecule has 1 fully saturated rings. The van der Waals surface area contributed by atoms with E-state index in [0.29, 0.717) is 0 Å². The predicted octanol–water partition coefficient (Wildman–Crippen LogP) is -4.38. The Hall–Kier alpha value is -1.29. The number of rotatable bonds is 7. The summed E-state index contributed by atoms with van der Waals surface area (Å²) in [4.78, 5) is 33.6. The molecule has 144 valence electrons. The standard InChI is InChI=1S/C12H17N5O7S2.Na/c1-6(2)24-16-8(7-4-25-11(13)14-7)9(18)15-12(23-3)5-17(10(12)19)26(20,21)22;/h4,6H,5H2,1-3H3,(H2,13,14)(H,15,18)(H,20,21,22);/q;+1/p-1/b16-8+;. The number of aromatic nitrogens is 1. The Bertz CT molecular complexity index is 856. The van der Waals surface area contributed by atoms with E-state index < -0.39 is 34.4 Å². The zero-order valence-corrected chi connectivity index (χ0v) is 18.6. The molecule has 0 spiro atoms. The largest absolute Gasteiger partial charge is 1.00 e. The second-order valence-electron chi connectivity index (χ2n) is 5.42. The van der Waals surface area contributed by atoms with E-state index in [0.717, 1.165) is 18.4 Å². The number of hydrogen-bond donors (Lipinski definition) is 2. The number of thiazole rings is 1. The molecule has 2 rings (SSSR count). The van der Waals surface area contributed by atoms with Crippen molar-refractivity contribution in [1.29, 1.82) is 0 Å². The van der Waals surface area contributed by atoms with Crippen molar-refractivity contribution in [1.82, 2.24) is 14.6 Å². The molecule has 0 aromatic carbocycles. The summed E-state index contributed by atoms with van der Waals surface area (Å²) >= 11 is 1.06. The van der Waals surface area contributed by atoms with Crippen LogP contribution in [0.5, 0.6) is 0 Å². The molecule has 1 aliphatic heterocycles. The molecule has 1 unspecified atom stereocenters. The summed E-state index contributed by atoms with van der Waals surface area (Å²) in [6.07, 6.45) is -0.350. The summed E-state index contributed by atoms with van der Waals surface area (Å²) < 4.78 is 37.9. The van der Waals surface area contributed by atoms with Gasteiger partial charge in [-0.25, -0.2) is 17.7 Å². The number of carbonyl (C=O) groups excluding carboxylic acids is 2. The van der Waals surface area contributed by atoms with Crippen LogP contribution in [0, 0.1) is 0 Å². The maximum atomic E-state index is 12.6. The molecule has 3 N–H and O–H groups in total. The molecule has 1 atom stereocenters. The number of anilines is 1. The number of methoxy groups -OCH3 is 1. The van der Waals surface area contributed by atoms with Gasteiger partial charge in [0.25, 0.3) is 11.8 Å². The number of ether oxygens (including phenoxy) is 1. The van der Waals surface area contributed by atoms with Gasteiger partial charge >= 0.3 is 29.6 Å². The Morgan fingerprint density at radius 3 is 2.59 bits per heavy atom. The molecule has 12 nitrogen and oxygen atoms in total. The molecule has 0 bridgehead atoms. The molecule has 0 saturated carbocycles. The molecule has 1 aliphatic rings. The molecule has 2 heterocycles. The Balaban J connectivity index is 0.00000364. The van der Waals surface area contributed by atoms with E-state index in [4.69, 9.17) is 15.3 Å². The minimum Gasteiger partial charge on any atom is -0.731 e. The maximum Gasteiger partial charge on any atom is 1.00 e. The molecule has 1 saturated heterocycles. The van der Waals surface area contributed by atoms with E-state index >= 15 is 0 Å². The number of nitrogens with zero attached hydrogens (tertiary/aromatic N) is 3. The van der Waals surface area contributed by atoms with Crippen molar-refractivity contribution >= 4 is 44.3 Å². The number of nitrogens with two attached hydrogens (primary N) is 1. The van der Waals surface area contributed by atoms with Crippen LogP contribution in [0.4, 0.5) is 5.13 Å². The van der Waals surface area contributed by atoms with Crippen LogP contribution < -0.4 is 40.6 Å². The zero-order chi connectivity index (χ0) is 19.7. The number of nitrogen functional groups attached to an aromatic ring is 1. The van der Waals surface area contributed by atoms with Crippen LogP contribution in [0.2, 0.25) is 0 Å². The van der Waals surface area contributed by atoms with E-state index in [1.165, 1.54) is 5.38 Å². The molecule has 0 radical (unpaired) electrons. The molecule has 0 aliphatic carbocycles. The number of nitrogens with one attached hydrogen (secondary N) is 1. The van der Waals surface area contributed by atoms with Gasteiger partial charge < -0.3 is 25.2 Å². The number of carbonyl (C=O) groups is 2. The van der Waals surface area contributed by atoms with E-state index in [1.807, 2.05) is 0 Å². The van der Waals surface area contributed by atoms with Crippen molar-refractivity contribution in [2.75, 3.05) is 19.4 Å². The molecular weight excluding hydrogens is 413 g/mol. The number of β-lactam (4-membered cyclic amide) rings is 1. The monoisotopic (exact) mass is 429 g/mol. The van der Waals surface area contributed by atoms with E-state index in [1.54, 1.807) is 13.8 Å². The first kappa shape index (κ1) is 23.7. The maximum absolute atomic E-state index is 12.6. The fraction of sp³-hybridized carbons (Fsp3) is 0.500. The first-order valence-corrected chi connectivity index (χ1v) is 9.35. The van der Waals surface area contributed by atoms with Crippen LogP contribution >= 0.6 is 11.3 Å². The van der Waals surface area contributed by atoms with Crippen LogP contribution in [0.25, 0.3) is 0 Å². The van der Waals surface area contributed by atoms with Gasteiger partial charge in [0, 0.05) is 12.5 Å². The summed E-state index contributed by atoms with van der Waals surface area (Å²) in [7, 11) is -3.92. The summed E-state index contributed by atoms with van der Waals surface area (Å²) in [5, 5.41) is 7.56. The Morgan fingerprint density at radius 1 is 1.56 bits per heavy atom. The summed E-state index contributed by atoms with van der Waals surface area (Å²) in [6, 6.07) is 0. The van der Waals surface area contributed by atoms with Gasteiger partial charge in [-0.2, -0.15) is 0 Å². The quantitative estimate of drug-likeness (QED) is 0.108. The molecule has 15 heteroatoms. The minimum absolute atomic E-state index is 0. The Morgan fingerprint density at radius 2 is 2.19 bits per heavy atom. The Kier molecular flexibility index (Phi) is 7.75. The normalized spacial score (nSPS) is 20.1. The van der Waals surface area contributed by atoms with E-state index in [-0.39, 0.29) is 56.5 Å². The van der Waals surface area contributed by atoms with E-state index in [9.17, 15) is 22.6 Å². The third kappa shape index (κ3) is 5.16. The third-order valence-electron chi connectivity index (χ3n) is 3.21. The molecule has 1 aromatic heterocycles. The van der Waals surface area contributed by atoms with Gasteiger partial charge in [-0.3, -0.25) is 9.59 Å². The van der Waals surface area contributed by atoms with Crippen LogP contribution in [-0.4, -0.2) is 65.3 Å². The van der Waals surface area contributed by atoms with Crippen molar-refractivity contribution in [2.24, 2.45) is 5.16 Å². The van der Waals surface area contributed by atoms with Crippen molar-refractivity contribution in [2.45, 2.75) is 25.7 Å². The first-order valence-electron chi connectivity index (χ1n) is 7.11. The second kappa shape index (κ2) is 8.81. The first-order chi connectivity index (χ1) is 12.0. The van der Waals surface area contributed by atoms with Crippen LogP contribution in [0.3, 0.4) is 0 Å². The number of hydrogen-bond acceptors (Lipinski definition) is 11. The van der Waals surface area contributed by atoms with Gasteiger partial charge in [0.2, 0.25) is 5.72 Å². The van der Waals surface area contributed by atoms with Crippen LogP contribution in [-0.2, 0) is 29.5 Å². The zero-order valence-electron chi connectivity index (χ0n) is 15.0. The summed E-state index contributed by atoms with van der Waals surface area (Å²) in [5.41, 5.74) is 3.34.